The number of non-ortho nitro benzene ring substituents is 2. The van der Waals surface area contributed by atoms with E-state index in [-0.39, 0.29) is 16.1 Å². The summed E-state index contributed by atoms with van der Waals surface area (Å²) in [7, 11) is 0. The van der Waals surface area contributed by atoms with Crippen molar-refractivity contribution in [3.8, 4) is 0 Å². The largest absolute Gasteiger partial charge is 0.277 e. The van der Waals surface area contributed by atoms with Crippen molar-refractivity contribution in [3.63, 3.8) is 0 Å². The van der Waals surface area contributed by atoms with Crippen LogP contribution in [0.2, 0.25) is 5.02 Å². The molecule has 25 heavy (non-hydrogen) atoms. The minimum Gasteiger partial charge on any atom is -0.267 e. The summed E-state index contributed by atoms with van der Waals surface area (Å²) in [5.74, 6) is -1.62. The number of hydrazone groups is 1. The lowest BCUT2D eigenvalue weighted by molar-refractivity contribution is -0.394. The van der Waals surface area contributed by atoms with E-state index < -0.39 is 32.9 Å². The average Bonchev–Trinajstić information content (AvgIpc) is 2.56. The molecule has 128 valence electrons. The zero-order chi connectivity index (χ0) is 18.6. The number of nitrogens with zero attached hydrogens (tertiary/aromatic N) is 3. The van der Waals surface area contributed by atoms with Crippen molar-refractivity contribution in [1.82, 2.24) is 5.43 Å². The quantitative estimate of drug-likeness (QED) is 0.494. The van der Waals surface area contributed by atoms with Gasteiger partial charge in [-0.1, -0.05) is 17.7 Å². The summed E-state index contributed by atoms with van der Waals surface area (Å²) in [6, 6.07) is 6.37. The predicted molar refractivity (Wildman–Crippen MR) is 86.2 cm³/mol. The molecule has 0 heterocycles. The van der Waals surface area contributed by atoms with Crippen molar-refractivity contribution in [2.24, 2.45) is 5.10 Å². The summed E-state index contributed by atoms with van der Waals surface area (Å²) >= 11 is 5.78. The summed E-state index contributed by atoms with van der Waals surface area (Å²) in [6.07, 6.45) is 0.946. The molecule has 0 saturated carbocycles. The number of benzene rings is 2. The second kappa shape index (κ2) is 7.45. The minimum absolute atomic E-state index is 0.0592. The molecule has 0 bridgehead atoms. The number of nitro groups is 2. The van der Waals surface area contributed by atoms with Crippen LogP contribution in [-0.2, 0) is 0 Å². The molecule has 0 fully saturated rings. The molecule has 1 N–H and O–H groups in total. The first kappa shape index (κ1) is 17.9. The van der Waals surface area contributed by atoms with Crippen LogP contribution >= 0.6 is 11.6 Å². The molecule has 0 aliphatic heterocycles. The third kappa shape index (κ3) is 4.32. The summed E-state index contributed by atoms with van der Waals surface area (Å²) in [6.45, 7) is 0. The highest BCUT2D eigenvalue weighted by Gasteiger charge is 2.19. The maximum absolute atomic E-state index is 13.5. The molecule has 0 aliphatic carbocycles. The molecule has 0 spiro atoms. The standard InChI is InChI=1S/C14H8ClFN4O5/c15-12-2-1-3-13(16)11(12)7-17-18-14(21)8-4-9(19(22)23)6-10(5-8)20(24)25/h1-7H,(H,18,21)/b17-7+. The van der Waals surface area contributed by atoms with Gasteiger partial charge >= 0.3 is 0 Å². The molecule has 1 amide bonds. The minimum atomic E-state index is -0.949. The van der Waals surface area contributed by atoms with E-state index in [0.717, 1.165) is 30.5 Å². The monoisotopic (exact) mass is 366 g/mol. The average molecular weight is 367 g/mol. The third-order valence-electron chi connectivity index (χ3n) is 2.95. The smallest absolute Gasteiger partial charge is 0.267 e. The van der Waals surface area contributed by atoms with Crippen LogP contribution in [-0.4, -0.2) is 22.0 Å². The number of halogens is 2. The Kier molecular flexibility index (Phi) is 5.35. The third-order valence-corrected chi connectivity index (χ3v) is 3.28. The van der Waals surface area contributed by atoms with Crippen LogP contribution in [0.25, 0.3) is 0 Å². The number of carbonyl (C=O) groups is 1. The Morgan fingerprint density at radius 2 is 1.76 bits per heavy atom. The van der Waals surface area contributed by atoms with E-state index in [4.69, 9.17) is 11.6 Å². The molecule has 2 aromatic carbocycles. The molecule has 9 nitrogen and oxygen atoms in total. The maximum Gasteiger partial charge on any atom is 0.277 e. The van der Waals surface area contributed by atoms with Gasteiger partial charge in [-0.05, 0) is 12.1 Å². The van der Waals surface area contributed by atoms with Crippen molar-refractivity contribution in [2.45, 2.75) is 0 Å². The van der Waals surface area contributed by atoms with Crippen molar-refractivity contribution in [3.05, 3.63) is 78.6 Å². The first-order chi connectivity index (χ1) is 11.8. The van der Waals surface area contributed by atoms with Gasteiger partial charge in [-0.15, -0.1) is 0 Å². The Morgan fingerprint density at radius 1 is 1.16 bits per heavy atom. The summed E-state index contributed by atoms with van der Waals surface area (Å²) in [5, 5.41) is 25.1. The Balaban J connectivity index is 2.25. The number of amides is 1. The lowest BCUT2D eigenvalue weighted by atomic mass is 10.1. The number of carbonyl (C=O) groups excluding carboxylic acids is 1. The highest BCUT2D eigenvalue weighted by molar-refractivity contribution is 6.33. The van der Waals surface area contributed by atoms with Crippen LogP contribution in [0.5, 0.6) is 0 Å². The van der Waals surface area contributed by atoms with Gasteiger partial charge in [0.2, 0.25) is 0 Å². The molecular weight excluding hydrogens is 359 g/mol. The fraction of sp³-hybridized carbons (Fsp3) is 0. The molecule has 11 heteroatoms. The highest BCUT2D eigenvalue weighted by atomic mass is 35.5. The Hall–Kier alpha value is -3.40. The summed E-state index contributed by atoms with van der Waals surface area (Å²) < 4.78 is 13.5. The molecule has 0 aliphatic rings. The van der Waals surface area contributed by atoms with Gasteiger partial charge in [-0.3, -0.25) is 25.0 Å². The molecule has 2 rings (SSSR count). The number of hydrogen-bond donors (Lipinski definition) is 1. The number of nitro benzene ring substituents is 2. The zero-order valence-corrected chi connectivity index (χ0v) is 12.9. The number of rotatable bonds is 5. The van der Waals surface area contributed by atoms with Crippen molar-refractivity contribution >= 4 is 35.1 Å². The molecule has 0 unspecified atom stereocenters. The SMILES string of the molecule is O=C(N/N=C/c1c(F)cccc1Cl)c1cc([N+](=O)[O-])cc([N+](=O)[O-])c1. The van der Waals surface area contributed by atoms with Crippen molar-refractivity contribution in [1.29, 1.82) is 0 Å². The van der Waals surface area contributed by atoms with Gasteiger partial charge in [0.25, 0.3) is 17.3 Å². The number of hydrogen-bond acceptors (Lipinski definition) is 6. The second-order valence-corrected chi connectivity index (χ2v) is 4.99. The molecule has 0 radical (unpaired) electrons. The topological polar surface area (TPSA) is 128 Å². The molecule has 0 atom stereocenters. The molecule has 0 saturated heterocycles. The molecule has 2 aromatic rings. The van der Waals surface area contributed by atoms with Crippen LogP contribution < -0.4 is 5.43 Å². The van der Waals surface area contributed by atoms with Gasteiger partial charge in [0.15, 0.2) is 0 Å². The molecular formula is C14H8ClFN4O5. The van der Waals surface area contributed by atoms with Gasteiger partial charge in [0.05, 0.1) is 32.7 Å². The van der Waals surface area contributed by atoms with E-state index in [1.54, 1.807) is 0 Å². The van der Waals surface area contributed by atoms with E-state index in [1.165, 1.54) is 12.1 Å². The summed E-state index contributed by atoms with van der Waals surface area (Å²) in [4.78, 5) is 31.8. The highest BCUT2D eigenvalue weighted by Crippen LogP contribution is 2.22. The lowest BCUT2D eigenvalue weighted by Crippen LogP contribution is -2.18. The summed E-state index contributed by atoms with van der Waals surface area (Å²) in [5.41, 5.74) is 0.321. The zero-order valence-electron chi connectivity index (χ0n) is 12.2. The first-order valence-corrected chi connectivity index (χ1v) is 6.88. The number of nitrogens with one attached hydrogen (secondary N) is 1. The van der Waals surface area contributed by atoms with E-state index >= 15 is 0 Å². The van der Waals surface area contributed by atoms with Crippen LogP contribution in [0.4, 0.5) is 15.8 Å². The fourth-order valence-electron chi connectivity index (χ4n) is 1.79. The Bertz CT molecular complexity index is 850. The van der Waals surface area contributed by atoms with E-state index in [2.05, 4.69) is 5.10 Å². The first-order valence-electron chi connectivity index (χ1n) is 6.51. The van der Waals surface area contributed by atoms with Crippen LogP contribution in [0.3, 0.4) is 0 Å². The van der Waals surface area contributed by atoms with Gasteiger partial charge in [0, 0.05) is 17.7 Å². The van der Waals surface area contributed by atoms with Gasteiger partial charge in [-0.2, -0.15) is 5.10 Å². The van der Waals surface area contributed by atoms with Gasteiger partial charge < -0.3 is 0 Å². The van der Waals surface area contributed by atoms with Gasteiger partial charge in [0.1, 0.15) is 5.82 Å². The second-order valence-electron chi connectivity index (χ2n) is 4.59. The van der Waals surface area contributed by atoms with Crippen LogP contribution in [0.1, 0.15) is 15.9 Å². The molecule has 0 aromatic heterocycles. The van der Waals surface area contributed by atoms with Crippen molar-refractivity contribution in [2.75, 3.05) is 0 Å². The van der Waals surface area contributed by atoms with Crippen LogP contribution in [0, 0.1) is 26.0 Å². The van der Waals surface area contributed by atoms with Gasteiger partial charge in [-0.25, -0.2) is 9.82 Å². The van der Waals surface area contributed by atoms with E-state index in [9.17, 15) is 29.4 Å². The normalized spacial score (nSPS) is 10.6. The van der Waals surface area contributed by atoms with Crippen molar-refractivity contribution < 1.29 is 19.0 Å². The lowest BCUT2D eigenvalue weighted by Gasteiger charge is -2.02. The van der Waals surface area contributed by atoms with E-state index in [1.807, 2.05) is 5.43 Å². The Morgan fingerprint density at radius 3 is 2.28 bits per heavy atom. The van der Waals surface area contributed by atoms with Crippen LogP contribution in [0.15, 0.2) is 41.5 Å². The maximum atomic E-state index is 13.5. The fourth-order valence-corrected chi connectivity index (χ4v) is 2.00. The predicted octanol–water partition coefficient (Wildman–Crippen LogP) is 3.06. The van der Waals surface area contributed by atoms with E-state index in [0.29, 0.717) is 0 Å². The Labute approximate surface area is 144 Å².